The molecule has 7 heteroatoms. The summed E-state index contributed by atoms with van der Waals surface area (Å²) in [5.41, 5.74) is 12.2. The molecular weight excluding hydrogens is 699 g/mol. The van der Waals surface area contributed by atoms with Crippen molar-refractivity contribution < 1.29 is 14.7 Å². The molecule has 1 heterocycles. The number of anilines is 2. The number of rotatable bonds is 12. The van der Waals surface area contributed by atoms with Gasteiger partial charge in [-0.25, -0.2) is 4.99 Å². The normalized spacial score (nSPS) is 13.2. The van der Waals surface area contributed by atoms with Gasteiger partial charge in [0.1, 0.15) is 5.70 Å². The number of amides is 1. The molecule has 55 heavy (non-hydrogen) atoms. The number of carboxylic acid groups (broad SMARTS) is 1. The lowest BCUT2D eigenvalue weighted by Gasteiger charge is -2.10. The van der Waals surface area contributed by atoms with Crippen LogP contribution in [0, 0.1) is 0 Å². The van der Waals surface area contributed by atoms with E-state index >= 15 is 0 Å². The molecule has 7 rings (SSSR count). The van der Waals surface area contributed by atoms with Crippen molar-refractivity contribution in [2.24, 2.45) is 4.99 Å². The van der Waals surface area contributed by atoms with Gasteiger partial charge in [-0.1, -0.05) is 170 Å². The van der Waals surface area contributed by atoms with E-state index in [1.54, 1.807) is 6.08 Å². The van der Waals surface area contributed by atoms with E-state index in [1.165, 1.54) is 16.7 Å². The lowest BCUT2D eigenvalue weighted by Crippen LogP contribution is -2.22. The molecule has 1 aliphatic heterocycles. The topological polar surface area (TPSA) is 90.8 Å². The number of carbonyl (C=O) groups excluding carboxylic acids is 1. The molecule has 0 spiro atoms. The number of nitrogens with zero attached hydrogens (tertiary/aromatic N) is 1. The maximum Gasteiger partial charge on any atom is 0.313 e. The molecule has 0 atom stereocenters. The van der Waals surface area contributed by atoms with Gasteiger partial charge in [0.2, 0.25) is 0 Å². The third-order valence-electron chi connectivity index (χ3n) is 8.71. The predicted octanol–water partition coefficient (Wildman–Crippen LogP) is 11.0. The van der Waals surface area contributed by atoms with Crippen molar-refractivity contribution >= 4 is 82.2 Å². The summed E-state index contributed by atoms with van der Waals surface area (Å²) in [4.78, 5) is 27.2. The Kier molecular flexibility index (Phi) is 11.7. The second kappa shape index (κ2) is 17.7. The molecule has 0 saturated heterocycles. The second-order valence-electron chi connectivity index (χ2n) is 12.7. The zero-order chi connectivity index (χ0) is 37.8. The van der Waals surface area contributed by atoms with Crippen molar-refractivity contribution in [3.8, 4) is 0 Å². The van der Waals surface area contributed by atoms with E-state index in [0.717, 1.165) is 56.5 Å². The number of benzene rings is 6. The van der Waals surface area contributed by atoms with Crippen molar-refractivity contribution in [2.45, 2.75) is 0 Å². The van der Waals surface area contributed by atoms with Gasteiger partial charge in [0.25, 0.3) is 5.91 Å². The van der Waals surface area contributed by atoms with Gasteiger partial charge >= 0.3 is 5.97 Å². The Labute approximate surface area is 325 Å². The lowest BCUT2D eigenvalue weighted by atomic mass is 9.96. The average Bonchev–Trinajstić information content (AvgIpc) is 3.58. The van der Waals surface area contributed by atoms with E-state index in [2.05, 4.69) is 161 Å². The number of hydrogen-bond donors (Lipinski definition) is 3. The van der Waals surface area contributed by atoms with Crippen LogP contribution in [0.4, 0.5) is 11.4 Å². The number of thioether (sulfide) groups is 1. The molecule has 6 nitrogen and oxygen atoms in total. The minimum atomic E-state index is -0.966. The Bertz CT molecular complexity index is 2370. The fourth-order valence-corrected chi connectivity index (χ4v) is 6.44. The first-order chi connectivity index (χ1) is 26.9. The summed E-state index contributed by atoms with van der Waals surface area (Å²) in [5, 5.41) is 15.2. The van der Waals surface area contributed by atoms with Gasteiger partial charge in [-0.3, -0.25) is 14.9 Å². The smallest absolute Gasteiger partial charge is 0.313 e. The zero-order valence-electron chi connectivity index (χ0n) is 29.8. The Morgan fingerprint density at radius 2 is 1.00 bits per heavy atom. The maximum absolute atomic E-state index is 12.2. The molecule has 6 aromatic carbocycles. The maximum atomic E-state index is 12.2. The second-order valence-corrected chi connectivity index (χ2v) is 13.7. The predicted molar refractivity (Wildman–Crippen MR) is 230 cm³/mol. The van der Waals surface area contributed by atoms with Crippen LogP contribution in [-0.4, -0.2) is 27.9 Å². The molecule has 0 fully saturated rings. The fourth-order valence-electron chi connectivity index (χ4n) is 5.85. The van der Waals surface area contributed by atoms with Crippen molar-refractivity contribution in [2.75, 3.05) is 11.1 Å². The van der Waals surface area contributed by atoms with Crippen molar-refractivity contribution in [1.82, 2.24) is 5.32 Å². The summed E-state index contributed by atoms with van der Waals surface area (Å²) < 4.78 is 0. The van der Waals surface area contributed by atoms with Gasteiger partial charge in [-0.2, -0.15) is 0 Å². The Morgan fingerprint density at radius 3 is 1.45 bits per heavy atom. The number of amidine groups is 1. The first-order valence-corrected chi connectivity index (χ1v) is 18.7. The third-order valence-corrected chi connectivity index (χ3v) is 9.57. The summed E-state index contributed by atoms with van der Waals surface area (Å²) in [6.45, 7) is 0. The van der Waals surface area contributed by atoms with Crippen LogP contribution in [0.3, 0.4) is 0 Å². The van der Waals surface area contributed by atoms with Crippen LogP contribution in [0.25, 0.3) is 42.0 Å². The lowest BCUT2D eigenvalue weighted by molar-refractivity contribution is -0.133. The monoisotopic (exact) mass is 735 g/mol. The van der Waals surface area contributed by atoms with Crippen LogP contribution in [-0.2, 0) is 9.59 Å². The highest BCUT2D eigenvalue weighted by molar-refractivity contribution is 8.14. The number of carbonyl (C=O) groups is 2. The minimum Gasteiger partial charge on any atom is -0.481 e. The van der Waals surface area contributed by atoms with Crippen LogP contribution in [0.2, 0.25) is 0 Å². The van der Waals surface area contributed by atoms with E-state index in [0.29, 0.717) is 5.17 Å². The summed E-state index contributed by atoms with van der Waals surface area (Å²) in [5.74, 6) is -1.47. The van der Waals surface area contributed by atoms with Crippen molar-refractivity contribution in [3.63, 3.8) is 0 Å². The molecule has 0 aliphatic carbocycles. The van der Waals surface area contributed by atoms with E-state index in [4.69, 9.17) is 5.11 Å². The van der Waals surface area contributed by atoms with E-state index in [1.807, 2.05) is 42.5 Å². The molecule has 0 bridgehead atoms. The van der Waals surface area contributed by atoms with Crippen LogP contribution in [0.5, 0.6) is 0 Å². The molecular formula is C48H37N3O3S. The Balaban J connectivity index is 0.917. The quantitative estimate of drug-likeness (QED) is 0.0860. The van der Waals surface area contributed by atoms with Crippen LogP contribution in [0.1, 0.15) is 44.5 Å². The highest BCUT2D eigenvalue weighted by Crippen LogP contribution is 2.27. The Morgan fingerprint density at radius 1 is 0.582 bits per heavy atom. The molecule has 268 valence electrons. The average molecular weight is 736 g/mol. The highest BCUT2D eigenvalue weighted by Gasteiger charge is 2.20. The number of carboxylic acids is 1. The van der Waals surface area contributed by atoms with Crippen LogP contribution < -0.4 is 10.6 Å². The molecule has 1 amide bonds. The van der Waals surface area contributed by atoms with Crippen LogP contribution in [0.15, 0.2) is 168 Å². The molecule has 3 N–H and O–H groups in total. The molecule has 1 aliphatic rings. The van der Waals surface area contributed by atoms with E-state index in [-0.39, 0.29) is 17.4 Å². The first-order valence-electron chi connectivity index (χ1n) is 17.8. The third kappa shape index (κ3) is 10.3. The van der Waals surface area contributed by atoms with Gasteiger partial charge in [0, 0.05) is 11.4 Å². The molecule has 0 saturated carbocycles. The first kappa shape index (κ1) is 36.4. The van der Waals surface area contributed by atoms with Crippen molar-refractivity contribution in [3.05, 3.63) is 208 Å². The largest absolute Gasteiger partial charge is 0.481 e. The van der Waals surface area contributed by atoms with E-state index < -0.39 is 5.97 Å². The van der Waals surface area contributed by atoms with Crippen LogP contribution >= 0.6 is 11.8 Å². The summed E-state index contributed by atoms with van der Waals surface area (Å²) in [6, 6.07) is 54.0. The van der Waals surface area contributed by atoms with Crippen molar-refractivity contribution in [1.29, 1.82) is 0 Å². The van der Waals surface area contributed by atoms with Gasteiger partial charge in [0.15, 0.2) is 5.17 Å². The molecule has 6 aromatic rings. The zero-order valence-corrected chi connectivity index (χ0v) is 30.6. The van der Waals surface area contributed by atoms with Gasteiger partial charge in [-0.05, 0) is 86.5 Å². The Hall–Kier alpha value is -6.96. The standard InChI is InChI=1S/C48H37N3O3S/c52-46(53)33-55-48-50-45(47(54)51-48)32-39-21-19-36(20-22-39)16-15-34-11-13-35(14-12-34)17-18-37-23-27-42(28-24-37)49-43-29-25-38(26-30-43)31-44(40-7-3-1-4-8-40)41-9-5-2-6-10-41/h1-32,49H,33H2,(H,52,53)(H,50,51,54)/b16-15+,18-17+,45-32-. The van der Waals surface area contributed by atoms with E-state index in [9.17, 15) is 9.59 Å². The number of hydrogen-bond acceptors (Lipinski definition) is 5. The molecule has 0 unspecified atom stereocenters. The molecule has 0 aromatic heterocycles. The fraction of sp³-hybridized carbons (Fsp3) is 0.0208. The molecule has 0 radical (unpaired) electrons. The summed E-state index contributed by atoms with van der Waals surface area (Å²) >= 11 is 0.982. The summed E-state index contributed by atoms with van der Waals surface area (Å²) in [6.07, 6.45) is 12.2. The number of aliphatic imine (C=N–C) groups is 1. The van der Waals surface area contributed by atoms with Gasteiger partial charge in [0.05, 0.1) is 5.75 Å². The number of aliphatic carboxylic acids is 1. The highest BCUT2D eigenvalue weighted by atomic mass is 32.2. The minimum absolute atomic E-state index is 0.163. The van der Waals surface area contributed by atoms with Gasteiger partial charge < -0.3 is 10.4 Å². The van der Waals surface area contributed by atoms with Gasteiger partial charge in [-0.15, -0.1) is 0 Å². The SMILES string of the molecule is O=C(O)CSC1=N/C(=C\c2ccc(/C=C/c3ccc(/C=C/c4ccc(Nc5ccc(C=C(c6ccccc6)c6ccccc6)cc5)cc4)cc3)cc2)C(=O)N1. The summed E-state index contributed by atoms with van der Waals surface area (Å²) in [7, 11) is 0. The number of nitrogens with one attached hydrogen (secondary N) is 2.